The summed E-state index contributed by atoms with van der Waals surface area (Å²) in [5.74, 6) is -0.773. The molecule has 8 aliphatic rings. The summed E-state index contributed by atoms with van der Waals surface area (Å²) in [7, 11) is 0. The Balaban J connectivity index is 0.815. The molecule has 8 fully saturated rings. The fraction of sp³-hybridized carbons (Fsp3) is 0.442. The first-order chi connectivity index (χ1) is 48.4. The Morgan fingerprint density at radius 3 is 0.888 bits per heavy atom. The topological polar surface area (TPSA) is 124 Å². The Hall–Kier alpha value is -6.72. The summed E-state index contributed by atoms with van der Waals surface area (Å²) in [6.45, 7) is 8.15. The summed E-state index contributed by atoms with van der Waals surface area (Å²) < 4.78 is 87.5. The van der Waals surface area contributed by atoms with E-state index in [0.29, 0.717) is 85.7 Å². The molecule has 0 N–H and O–H groups in total. The molecule has 4 saturated carbocycles. The van der Waals surface area contributed by atoms with Crippen LogP contribution in [0.3, 0.4) is 0 Å². The summed E-state index contributed by atoms with van der Waals surface area (Å²) in [5, 5.41) is 0. The van der Waals surface area contributed by atoms with Crippen molar-refractivity contribution in [1.82, 2.24) is 0 Å². The van der Waals surface area contributed by atoms with Gasteiger partial charge >= 0.3 is 0 Å². The van der Waals surface area contributed by atoms with Crippen molar-refractivity contribution in [1.29, 1.82) is 0 Å². The fourth-order valence-electron chi connectivity index (χ4n) is 18.6. The number of epoxide rings is 4. The largest absolute Gasteiger partial charge is 0.376 e. The zero-order valence-corrected chi connectivity index (χ0v) is 56.4. The molecule has 8 aromatic carbocycles. The van der Waals surface area contributed by atoms with Crippen LogP contribution in [0.25, 0.3) is 0 Å². The molecule has 98 heavy (non-hydrogen) atoms. The fourth-order valence-corrected chi connectivity index (χ4v) is 18.6. The second kappa shape index (κ2) is 29.5. The molecule has 16 rings (SSSR count). The standard InChI is InChI=1S/C86H94O12/c1-60(84-72(57-88-49-62-28-12-3-13-29-62)76(44-80(84)96-84)92-53-66-36-20-7-21-37-66)42-69(85-73(58-89-50-63-30-14-4-15-31-63)77(45-81(85)97-85)93-54-67-38-22-8-23-39-67)70(86-74(59-90-51-64-32-16-5-17-33-64)78(46-82(86)98-86)94-55-68-40-24-9-25-41-68)47-83-71(56-87-48-61-26-10-2-11-27-61)75(43-79(83)95-83)91-52-65-34-18-6-19-35-65/h2-41,60,69-82H,42-59H2,1H3. The first kappa shape index (κ1) is 65.9. The highest BCUT2D eigenvalue weighted by molar-refractivity contribution is 5.32. The van der Waals surface area contributed by atoms with Gasteiger partial charge < -0.3 is 56.8 Å². The minimum Gasteiger partial charge on any atom is -0.376 e. The van der Waals surface area contributed by atoms with Crippen molar-refractivity contribution in [2.24, 2.45) is 41.4 Å². The summed E-state index contributed by atoms with van der Waals surface area (Å²) >= 11 is 0. The maximum atomic E-state index is 7.77. The second-order valence-corrected chi connectivity index (χ2v) is 29.2. The third-order valence-electron chi connectivity index (χ3n) is 23.6. The first-order valence-electron chi connectivity index (χ1n) is 36.2. The van der Waals surface area contributed by atoms with E-state index in [1.54, 1.807) is 0 Å². The summed E-state index contributed by atoms with van der Waals surface area (Å²) in [4.78, 5) is 0. The van der Waals surface area contributed by atoms with E-state index in [2.05, 4.69) is 250 Å². The molecule has 510 valence electrons. The third kappa shape index (κ3) is 13.8. The molecule has 12 heteroatoms. The molecule has 0 bridgehead atoms. The van der Waals surface area contributed by atoms with Crippen LogP contribution in [0.4, 0.5) is 0 Å². The zero-order valence-electron chi connectivity index (χ0n) is 56.4. The number of ether oxygens (including phenoxy) is 12. The summed E-state index contributed by atoms with van der Waals surface area (Å²) in [6.07, 6.45) is 3.57. The Kier molecular flexibility index (Phi) is 19.8. The lowest BCUT2D eigenvalue weighted by Gasteiger charge is -2.45. The van der Waals surface area contributed by atoms with Crippen LogP contribution >= 0.6 is 0 Å². The monoisotopic (exact) mass is 1320 g/mol. The van der Waals surface area contributed by atoms with Gasteiger partial charge in [0.2, 0.25) is 0 Å². The highest BCUT2D eigenvalue weighted by atomic mass is 16.6. The normalized spacial score (nSPS) is 32.1. The number of hydrogen-bond donors (Lipinski definition) is 0. The van der Waals surface area contributed by atoms with Gasteiger partial charge in [0.25, 0.3) is 0 Å². The van der Waals surface area contributed by atoms with Gasteiger partial charge in [-0.05, 0) is 75.1 Å². The van der Waals surface area contributed by atoms with Gasteiger partial charge in [0, 0.05) is 49.4 Å². The Labute approximate surface area is 578 Å². The van der Waals surface area contributed by atoms with Crippen LogP contribution in [-0.4, -0.2) is 97.7 Å². The number of fused-ring (bicyclic) bond motifs is 4. The van der Waals surface area contributed by atoms with Crippen LogP contribution in [0, 0.1) is 41.4 Å². The van der Waals surface area contributed by atoms with E-state index in [4.69, 9.17) is 56.8 Å². The molecule has 19 unspecified atom stereocenters. The maximum absolute atomic E-state index is 7.77. The van der Waals surface area contributed by atoms with E-state index in [0.717, 1.165) is 76.6 Å². The van der Waals surface area contributed by atoms with Crippen molar-refractivity contribution in [2.75, 3.05) is 26.4 Å². The van der Waals surface area contributed by atoms with E-state index in [1.165, 1.54) is 0 Å². The summed E-state index contributed by atoms with van der Waals surface area (Å²) in [6, 6.07) is 84.4. The number of benzene rings is 8. The predicted octanol–water partition coefficient (Wildman–Crippen LogP) is 15.5. The third-order valence-corrected chi connectivity index (χ3v) is 23.6. The zero-order chi connectivity index (χ0) is 65.8. The van der Waals surface area contributed by atoms with Crippen molar-refractivity contribution < 1.29 is 56.8 Å². The van der Waals surface area contributed by atoms with E-state index in [1.807, 2.05) is 0 Å². The average Bonchev–Trinajstić information content (AvgIpc) is 1.50. The lowest BCUT2D eigenvalue weighted by Crippen LogP contribution is -2.53. The first-order valence-corrected chi connectivity index (χ1v) is 36.2. The minimum absolute atomic E-state index is 0.00177. The van der Waals surface area contributed by atoms with Crippen molar-refractivity contribution in [3.8, 4) is 0 Å². The molecule has 12 nitrogen and oxygen atoms in total. The van der Waals surface area contributed by atoms with Crippen LogP contribution in [0.2, 0.25) is 0 Å². The van der Waals surface area contributed by atoms with Crippen molar-refractivity contribution >= 4 is 0 Å². The Bertz CT molecular complexity index is 3790. The van der Waals surface area contributed by atoms with Gasteiger partial charge in [-0.2, -0.15) is 0 Å². The lowest BCUT2D eigenvalue weighted by molar-refractivity contribution is -0.114. The molecule has 4 saturated heterocycles. The average molecular weight is 1320 g/mol. The molecular weight excluding hydrogens is 1220 g/mol. The Morgan fingerprint density at radius 2 is 0.551 bits per heavy atom. The van der Waals surface area contributed by atoms with Gasteiger partial charge in [-0.25, -0.2) is 0 Å². The molecule has 19 atom stereocenters. The van der Waals surface area contributed by atoms with Crippen LogP contribution in [0.1, 0.15) is 90.0 Å². The molecule has 0 spiro atoms. The van der Waals surface area contributed by atoms with E-state index in [-0.39, 0.29) is 90.3 Å². The predicted molar refractivity (Wildman–Crippen MR) is 373 cm³/mol. The van der Waals surface area contributed by atoms with Crippen LogP contribution in [-0.2, 0) is 110 Å². The van der Waals surface area contributed by atoms with Gasteiger partial charge in [0.15, 0.2) is 0 Å². The van der Waals surface area contributed by atoms with Crippen molar-refractivity contribution in [3.63, 3.8) is 0 Å². The minimum atomic E-state index is -0.716. The molecule has 4 aliphatic heterocycles. The molecule has 4 aliphatic carbocycles. The summed E-state index contributed by atoms with van der Waals surface area (Å²) in [5.41, 5.74) is 6.49. The highest BCUT2D eigenvalue weighted by Crippen LogP contribution is 2.73. The van der Waals surface area contributed by atoms with Gasteiger partial charge in [-0.3, -0.25) is 0 Å². The van der Waals surface area contributed by atoms with Gasteiger partial charge in [0.05, 0.1) is 128 Å². The SMILES string of the molecule is CC(CC(C(CC12OC1CC(OCc1ccccc1)C2COCc1ccccc1)C12OC1CC(OCc1ccccc1)C2COCc1ccccc1)C12OC1CC(OCc1ccccc1)C2COCc1ccccc1)C12OC1CC(OCc1ccccc1)C2COCc1ccccc1. The molecule has 0 radical (unpaired) electrons. The van der Waals surface area contributed by atoms with Crippen LogP contribution in [0.5, 0.6) is 0 Å². The Morgan fingerprint density at radius 1 is 0.296 bits per heavy atom. The number of rotatable bonds is 36. The number of hydrogen-bond acceptors (Lipinski definition) is 12. The van der Waals surface area contributed by atoms with E-state index in [9.17, 15) is 0 Å². The molecular formula is C86H94O12. The van der Waals surface area contributed by atoms with Gasteiger partial charge in [-0.1, -0.05) is 250 Å². The molecule has 4 heterocycles. The lowest BCUT2D eigenvalue weighted by atomic mass is 9.60. The van der Waals surface area contributed by atoms with E-state index < -0.39 is 22.4 Å². The van der Waals surface area contributed by atoms with Crippen LogP contribution < -0.4 is 0 Å². The van der Waals surface area contributed by atoms with Crippen molar-refractivity contribution in [2.45, 2.75) is 170 Å². The smallest absolute Gasteiger partial charge is 0.106 e. The molecule has 0 amide bonds. The molecule has 8 aromatic rings. The maximum Gasteiger partial charge on any atom is 0.106 e. The molecule has 0 aromatic heterocycles. The highest BCUT2D eigenvalue weighted by Gasteiger charge is 2.83. The van der Waals surface area contributed by atoms with Crippen LogP contribution in [0.15, 0.2) is 243 Å². The second-order valence-electron chi connectivity index (χ2n) is 29.2. The quantitative estimate of drug-likeness (QED) is 0.0347. The van der Waals surface area contributed by atoms with Crippen molar-refractivity contribution in [3.05, 3.63) is 287 Å². The van der Waals surface area contributed by atoms with E-state index >= 15 is 0 Å². The van der Waals surface area contributed by atoms with Gasteiger partial charge in [-0.15, -0.1) is 0 Å². The van der Waals surface area contributed by atoms with Gasteiger partial charge in [0.1, 0.15) is 22.4 Å².